The molecule has 0 saturated carbocycles. The Bertz CT molecular complexity index is 664. The van der Waals surface area contributed by atoms with Crippen molar-refractivity contribution in [1.29, 1.82) is 0 Å². The van der Waals surface area contributed by atoms with Gasteiger partial charge in [-0.05, 0) is 23.8 Å². The van der Waals surface area contributed by atoms with Gasteiger partial charge in [-0.2, -0.15) is 13.2 Å². The van der Waals surface area contributed by atoms with Crippen LogP contribution in [0.3, 0.4) is 0 Å². The molecule has 3 nitrogen and oxygen atoms in total. The summed E-state index contributed by atoms with van der Waals surface area (Å²) in [5, 5.41) is 0. The fourth-order valence-electron chi connectivity index (χ4n) is 1.66. The molecule has 2 rings (SSSR count). The molecule has 0 aliphatic carbocycles. The van der Waals surface area contributed by atoms with Gasteiger partial charge in [-0.3, -0.25) is 4.98 Å². The summed E-state index contributed by atoms with van der Waals surface area (Å²) < 4.78 is 77.6. The van der Waals surface area contributed by atoms with Gasteiger partial charge in [-0.25, -0.2) is 0 Å². The van der Waals surface area contributed by atoms with Crippen LogP contribution >= 0.6 is 0 Å². The lowest BCUT2D eigenvalue weighted by atomic mass is 10.1. The number of nitrogen functional groups attached to an aromatic ring is 1. The minimum atomic E-state index is -4.93. The lowest BCUT2D eigenvalue weighted by molar-refractivity contribution is -0.274. The summed E-state index contributed by atoms with van der Waals surface area (Å²) in [5.41, 5.74) is 4.40. The molecule has 0 aliphatic heterocycles. The lowest BCUT2D eigenvalue weighted by Gasteiger charge is -2.13. The summed E-state index contributed by atoms with van der Waals surface area (Å²) in [6.45, 7) is 0. The molecule has 0 atom stereocenters. The molecule has 118 valence electrons. The van der Waals surface area contributed by atoms with Crippen molar-refractivity contribution < 1.29 is 31.1 Å². The molecule has 2 N–H and O–H groups in total. The average molecular weight is 322 g/mol. The molecule has 0 fully saturated rings. The summed E-state index contributed by atoms with van der Waals surface area (Å²) in [6.07, 6.45) is -8.61. The lowest BCUT2D eigenvalue weighted by Crippen LogP contribution is -2.18. The van der Waals surface area contributed by atoms with Crippen molar-refractivity contribution in [1.82, 2.24) is 4.98 Å². The van der Waals surface area contributed by atoms with Gasteiger partial charge in [-0.15, -0.1) is 13.2 Å². The van der Waals surface area contributed by atoms with Crippen LogP contribution in [0.2, 0.25) is 0 Å². The summed E-state index contributed by atoms with van der Waals surface area (Å²) in [6, 6.07) is 5.32. The number of hydrogen-bond donors (Lipinski definition) is 1. The zero-order valence-electron chi connectivity index (χ0n) is 10.7. The van der Waals surface area contributed by atoms with Crippen molar-refractivity contribution in [2.24, 2.45) is 0 Å². The minimum Gasteiger partial charge on any atom is -0.404 e. The third kappa shape index (κ3) is 3.80. The van der Waals surface area contributed by atoms with E-state index < -0.39 is 24.0 Å². The van der Waals surface area contributed by atoms with E-state index in [1.807, 2.05) is 0 Å². The Morgan fingerprint density at radius 3 is 2.05 bits per heavy atom. The number of halogens is 6. The van der Waals surface area contributed by atoms with Gasteiger partial charge in [0.15, 0.2) is 5.75 Å². The fraction of sp³-hybridized carbons (Fsp3) is 0.154. The third-order valence-corrected chi connectivity index (χ3v) is 2.63. The zero-order valence-corrected chi connectivity index (χ0v) is 10.7. The number of anilines is 1. The van der Waals surface area contributed by atoms with Crippen molar-refractivity contribution in [3.8, 4) is 16.9 Å². The van der Waals surface area contributed by atoms with E-state index in [9.17, 15) is 26.3 Å². The van der Waals surface area contributed by atoms with Gasteiger partial charge >= 0.3 is 12.5 Å². The smallest absolute Gasteiger partial charge is 0.404 e. The minimum absolute atomic E-state index is 0.190. The normalized spacial score (nSPS) is 12.3. The Balaban J connectivity index is 2.35. The number of hydrogen-bond acceptors (Lipinski definition) is 3. The standard InChI is InChI=1S/C13H8F6N2O/c14-12(15,16)11-4-2-8(6-21-11)7-1-3-9(20)10(5-7)22-13(17,18)19/h1-6H,20H2. The molecular weight excluding hydrogens is 314 g/mol. The van der Waals surface area contributed by atoms with E-state index in [0.29, 0.717) is 0 Å². The molecular formula is C13H8F6N2O. The van der Waals surface area contributed by atoms with E-state index >= 15 is 0 Å². The number of rotatable bonds is 2. The van der Waals surface area contributed by atoms with Crippen molar-refractivity contribution in [3.63, 3.8) is 0 Å². The maximum absolute atomic E-state index is 12.4. The van der Waals surface area contributed by atoms with Crippen LogP contribution in [-0.4, -0.2) is 11.3 Å². The Hall–Kier alpha value is -2.45. The van der Waals surface area contributed by atoms with E-state index in [2.05, 4.69) is 9.72 Å². The average Bonchev–Trinajstić information content (AvgIpc) is 2.39. The number of pyridine rings is 1. The first kappa shape index (κ1) is 15.9. The van der Waals surface area contributed by atoms with Crippen LogP contribution in [0.15, 0.2) is 36.5 Å². The summed E-state index contributed by atoms with van der Waals surface area (Å²) in [7, 11) is 0. The number of aromatic nitrogens is 1. The summed E-state index contributed by atoms with van der Waals surface area (Å²) >= 11 is 0. The van der Waals surface area contributed by atoms with Crippen molar-refractivity contribution in [3.05, 3.63) is 42.2 Å². The molecule has 2 aromatic rings. The maximum atomic E-state index is 12.4. The van der Waals surface area contributed by atoms with Crippen LogP contribution in [0.1, 0.15) is 5.69 Å². The Kier molecular flexibility index (Phi) is 3.90. The predicted molar refractivity (Wildman–Crippen MR) is 65.8 cm³/mol. The molecule has 0 saturated heterocycles. The first-order valence-corrected chi connectivity index (χ1v) is 5.75. The van der Waals surface area contributed by atoms with Gasteiger partial charge in [0.1, 0.15) is 5.69 Å². The molecule has 0 spiro atoms. The summed E-state index contributed by atoms with van der Waals surface area (Å²) in [5.74, 6) is -0.634. The highest BCUT2D eigenvalue weighted by Gasteiger charge is 2.33. The topological polar surface area (TPSA) is 48.1 Å². The fourth-order valence-corrected chi connectivity index (χ4v) is 1.66. The zero-order chi connectivity index (χ0) is 16.5. The second kappa shape index (κ2) is 5.39. The van der Waals surface area contributed by atoms with Crippen LogP contribution in [0.4, 0.5) is 32.0 Å². The number of nitrogens with zero attached hydrogens (tertiary/aromatic N) is 1. The molecule has 22 heavy (non-hydrogen) atoms. The highest BCUT2D eigenvalue weighted by atomic mass is 19.4. The van der Waals surface area contributed by atoms with E-state index in [4.69, 9.17) is 5.73 Å². The molecule has 9 heteroatoms. The van der Waals surface area contributed by atoms with Crippen LogP contribution < -0.4 is 10.5 Å². The highest BCUT2D eigenvalue weighted by molar-refractivity contribution is 5.69. The van der Waals surface area contributed by atoms with E-state index in [1.165, 1.54) is 6.07 Å². The van der Waals surface area contributed by atoms with Gasteiger partial charge in [0, 0.05) is 11.8 Å². The van der Waals surface area contributed by atoms with Gasteiger partial charge in [0.25, 0.3) is 0 Å². The Labute approximate surface area is 120 Å². The van der Waals surface area contributed by atoms with Crippen molar-refractivity contribution >= 4 is 5.69 Å². The molecule has 0 unspecified atom stereocenters. The molecule has 1 aromatic heterocycles. The van der Waals surface area contributed by atoms with E-state index in [1.54, 1.807) is 0 Å². The number of alkyl halides is 6. The Morgan fingerprint density at radius 2 is 1.55 bits per heavy atom. The Morgan fingerprint density at radius 1 is 0.909 bits per heavy atom. The largest absolute Gasteiger partial charge is 0.573 e. The molecule has 0 bridgehead atoms. The van der Waals surface area contributed by atoms with Crippen LogP contribution in [0, 0.1) is 0 Å². The molecule has 0 aliphatic rings. The van der Waals surface area contributed by atoms with Gasteiger partial charge in [0.05, 0.1) is 5.69 Å². The quantitative estimate of drug-likeness (QED) is 0.664. The SMILES string of the molecule is Nc1ccc(-c2ccc(C(F)(F)F)nc2)cc1OC(F)(F)F. The monoisotopic (exact) mass is 322 g/mol. The van der Waals surface area contributed by atoms with Gasteiger partial charge < -0.3 is 10.5 Å². The summed E-state index contributed by atoms with van der Waals surface area (Å²) in [4.78, 5) is 3.23. The van der Waals surface area contributed by atoms with E-state index in [-0.39, 0.29) is 16.8 Å². The van der Waals surface area contributed by atoms with Gasteiger partial charge in [-0.1, -0.05) is 12.1 Å². The van der Waals surface area contributed by atoms with Crippen LogP contribution in [-0.2, 0) is 6.18 Å². The van der Waals surface area contributed by atoms with Gasteiger partial charge in [0.2, 0.25) is 0 Å². The first-order valence-electron chi connectivity index (χ1n) is 5.75. The maximum Gasteiger partial charge on any atom is 0.573 e. The number of nitrogens with two attached hydrogens (primary N) is 1. The first-order chi connectivity index (χ1) is 10.1. The van der Waals surface area contributed by atoms with Crippen molar-refractivity contribution in [2.75, 3.05) is 5.73 Å². The second-order valence-electron chi connectivity index (χ2n) is 4.23. The molecule has 1 aromatic carbocycles. The second-order valence-corrected chi connectivity index (χ2v) is 4.23. The van der Waals surface area contributed by atoms with E-state index in [0.717, 1.165) is 30.5 Å². The molecule has 1 heterocycles. The third-order valence-electron chi connectivity index (χ3n) is 2.63. The number of ether oxygens (including phenoxy) is 1. The highest BCUT2D eigenvalue weighted by Crippen LogP contribution is 2.34. The predicted octanol–water partition coefficient (Wildman–Crippen LogP) is 4.25. The number of benzene rings is 1. The van der Waals surface area contributed by atoms with Crippen LogP contribution in [0.25, 0.3) is 11.1 Å². The van der Waals surface area contributed by atoms with Crippen molar-refractivity contribution in [2.45, 2.75) is 12.5 Å². The molecule has 0 amide bonds. The molecule has 0 radical (unpaired) electrons. The van der Waals surface area contributed by atoms with Crippen LogP contribution in [0.5, 0.6) is 5.75 Å².